The summed E-state index contributed by atoms with van der Waals surface area (Å²) < 4.78 is 5.99. The Morgan fingerprint density at radius 2 is 2.00 bits per heavy atom. The molecule has 21 heavy (non-hydrogen) atoms. The summed E-state index contributed by atoms with van der Waals surface area (Å²) in [5, 5.41) is 12.1. The number of aliphatic hydroxyl groups is 1. The summed E-state index contributed by atoms with van der Waals surface area (Å²) in [4.78, 5) is 2.44. The molecule has 3 nitrogen and oxygen atoms in total. The Morgan fingerprint density at radius 1 is 1.29 bits per heavy atom. The lowest BCUT2D eigenvalue weighted by molar-refractivity contribution is -0.0427. The highest BCUT2D eigenvalue weighted by Crippen LogP contribution is 2.36. The Bertz CT molecular complexity index is 621. The van der Waals surface area contributed by atoms with Crippen LogP contribution in [0.15, 0.2) is 28.7 Å². The summed E-state index contributed by atoms with van der Waals surface area (Å²) in [7, 11) is 0. The van der Waals surface area contributed by atoms with Crippen LogP contribution in [-0.2, 0) is 5.60 Å². The van der Waals surface area contributed by atoms with Crippen LogP contribution in [0.4, 0.5) is 0 Å². The van der Waals surface area contributed by atoms with Gasteiger partial charge in [-0.05, 0) is 37.3 Å². The van der Waals surface area contributed by atoms with Crippen LogP contribution in [0, 0.1) is 12.8 Å². The highest BCUT2D eigenvalue weighted by molar-refractivity contribution is 5.81. The third kappa shape index (κ3) is 2.85. The molecule has 0 amide bonds. The maximum atomic E-state index is 11.0. The molecule has 0 bridgehead atoms. The fourth-order valence-electron chi connectivity index (χ4n) is 3.31. The molecule has 0 spiro atoms. The van der Waals surface area contributed by atoms with Crippen LogP contribution >= 0.6 is 0 Å². The van der Waals surface area contributed by atoms with Crippen molar-refractivity contribution in [2.75, 3.05) is 19.6 Å². The Hall–Kier alpha value is -1.32. The molecule has 2 aromatic rings. The van der Waals surface area contributed by atoms with Gasteiger partial charge in [0.1, 0.15) is 16.9 Å². The van der Waals surface area contributed by atoms with Crippen molar-refractivity contribution in [2.45, 2.75) is 39.2 Å². The molecule has 114 valence electrons. The highest BCUT2D eigenvalue weighted by Gasteiger charge is 2.37. The quantitative estimate of drug-likeness (QED) is 0.935. The van der Waals surface area contributed by atoms with Crippen LogP contribution in [0.2, 0.25) is 0 Å². The second kappa shape index (κ2) is 5.47. The minimum absolute atomic E-state index is 0.671. The van der Waals surface area contributed by atoms with E-state index in [1.54, 1.807) is 0 Å². The molecule has 1 saturated heterocycles. The van der Waals surface area contributed by atoms with Crippen LogP contribution < -0.4 is 0 Å². The molecule has 1 aromatic carbocycles. The normalized spacial score (nSPS) is 19.5. The maximum Gasteiger partial charge on any atom is 0.137 e. The third-order valence-corrected chi connectivity index (χ3v) is 4.51. The molecule has 1 N–H and O–H groups in total. The van der Waals surface area contributed by atoms with Crippen molar-refractivity contribution >= 4 is 11.0 Å². The Balaban J connectivity index is 1.81. The molecule has 1 fully saturated rings. The van der Waals surface area contributed by atoms with Crippen LogP contribution in [0.5, 0.6) is 0 Å². The minimum Gasteiger partial charge on any atom is -0.458 e. The minimum atomic E-state index is -0.807. The van der Waals surface area contributed by atoms with E-state index >= 15 is 0 Å². The molecule has 1 aliphatic heterocycles. The number of aryl methyl sites for hydroxylation is 1. The summed E-state index contributed by atoms with van der Waals surface area (Å²) in [5.74, 6) is 1.40. The lowest BCUT2D eigenvalue weighted by atomic mass is 9.88. The van der Waals surface area contributed by atoms with Crippen LogP contribution in [0.3, 0.4) is 0 Å². The van der Waals surface area contributed by atoms with Gasteiger partial charge in [-0.1, -0.05) is 32.0 Å². The fraction of sp³-hybridized carbons (Fsp3) is 0.556. The summed E-state index contributed by atoms with van der Waals surface area (Å²) in [6.07, 6.45) is 1.50. The van der Waals surface area contributed by atoms with E-state index in [-0.39, 0.29) is 0 Å². The maximum absolute atomic E-state index is 11.0. The van der Waals surface area contributed by atoms with E-state index in [9.17, 15) is 5.11 Å². The van der Waals surface area contributed by atoms with Gasteiger partial charge in [0.05, 0.1) is 0 Å². The number of benzene rings is 1. The van der Waals surface area contributed by atoms with Gasteiger partial charge in [-0.3, -0.25) is 0 Å². The monoisotopic (exact) mass is 287 g/mol. The Morgan fingerprint density at radius 3 is 2.62 bits per heavy atom. The van der Waals surface area contributed by atoms with E-state index in [0.717, 1.165) is 54.8 Å². The van der Waals surface area contributed by atoms with Crippen LogP contribution in [0.25, 0.3) is 11.0 Å². The fourth-order valence-corrected chi connectivity index (χ4v) is 3.31. The smallest absolute Gasteiger partial charge is 0.137 e. The summed E-state index contributed by atoms with van der Waals surface area (Å²) in [5.41, 5.74) is 1.23. The summed E-state index contributed by atoms with van der Waals surface area (Å²) in [6, 6.07) is 8.14. The predicted octanol–water partition coefficient (Wildman–Crippen LogP) is 3.68. The number of rotatable bonds is 3. The number of hydrogen-bond donors (Lipinski definition) is 1. The first kappa shape index (κ1) is 14.6. The van der Waals surface area contributed by atoms with E-state index in [1.807, 2.05) is 31.2 Å². The average molecular weight is 287 g/mol. The number of piperidine rings is 1. The number of nitrogens with zero attached hydrogens (tertiary/aromatic N) is 1. The predicted molar refractivity (Wildman–Crippen MR) is 85.4 cm³/mol. The average Bonchev–Trinajstić information content (AvgIpc) is 2.87. The first-order chi connectivity index (χ1) is 9.98. The zero-order chi connectivity index (χ0) is 15.0. The standard InChI is InChI=1S/C18H25NO2/c1-13(2)12-19-9-7-18(20,8-10-19)16-11-15-6-4-5-14(3)17(15)21-16/h4-6,11,13,20H,7-10,12H2,1-3H3. The van der Waals surface area contributed by atoms with Gasteiger partial charge in [-0.2, -0.15) is 0 Å². The molecule has 0 saturated carbocycles. The van der Waals surface area contributed by atoms with Crippen molar-refractivity contribution in [2.24, 2.45) is 5.92 Å². The Kier molecular flexibility index (Phi) is 3.80. The second-order valence-corrected chi connectivity index (χ2v) is 6.83. The van der Waals surface area contributed by atoms with Crippen LogP contribution in [-0.4, -0.2) is 29.6 Å². The van der Waals surface area contributed by atoms with Gasteiger partial charge in [-0.25, -0.2) is 0 Å². The van der Waals surface area contributed by atoms with E-state index in [0.29, 0.717) is 5.92 Å². The largest absolute Gasteiger partial charge is 0.458 e. The van der Waals surface area contributed by atoms with Gasteiger partial charge in [0.25, 0.3) is 0 Å². The van der Waals surface area contributed by atoms with Gasteiger partial charge < -0.3 is 14.4 Å². The van der Waals surface area contributed by atoms with Gasteiger partial charge in [0, 0.05) is 25.0 Å². The first-order valence-corrected chi connectivity index (χ1v) is 7.92. The van der Waals surface area contributed by atoms with Crippen molar-refractivity contribution in [1.29, 1.82) is 0 Å². The topological polar surface area (TPSA) is 36.6 Å². The van der Waals surface area contributed by atoms with Gasteiger partial charge in [0.2, 0.25) is 0 Å². The molecule has 0 unspecified atom stereocenters. The second-order valence-electron chi connectivity index (χ2n) is 6.83. The molecule has 3 heteroatoms. The SMILES string of the molecule is Cc1cccc2cc(C3(O)CCN(CC(C)C)CC3)oc12. The van der Waals surface area contributed by atoms with E-state index in [1.165, 1.54) is 0 Å². The Labute approximate surface area is 126 Å². The van der Waals surface area contributed by atoms with Crippen molar-refractivity contribution in [1.82, 2.24) is 4.90 Å². The molecule has 0 atom stereocenters. The van der Waals surface area contributed by atoms with Gasteiger partial charge in [0.15, 0.2) is 0 Å². The van der Waals surface area contributed by atoms with Crippen molar-refractivity contribution < 1.29 is 9.52 Å². The van der Waals surface area contributed by atoms with E-state index < -0.39 is 5.60 Å². The summed E-state index contributed by atoms with van der Waals surface area (Å²) in [6.45, 7) is 9.50. The number of furan rings is 1. The zero-order valence-corrected chi connectivity index (χ0v) is 13.2. The third-order valence-electron chi connectivity index (χ3n) is 4.51. The van der Waals surface area contributed by atoms with E-state index in [2.05, 4.69) is 18.7 Å². The number of hydrogen-bond acceptors (Lipinski definition) is 3. The zero-order valence-electron chi connectivity index (χ0n) is 13.2. The molecule has 2 heterocycles. The molecule has 1 aliphatic rings. The van der Waals surface area contributed by atoms with Crippen LogP contribution in [0.1, 0.15) is 38.0 Å². The molecule has 0 aliphatic carbocycles. The number of para-hydroxylation sites is 1. The van der Waals surface area contributed by atoms with Gasteiger partial charge >= 0.3 is 0 Å². The lowest BCUT2D eigenvalue weighted by Crippen LogP contribution is -2.43. The van der Waals surface area contributed by atoms with Crippen molar-refractivity contribution in [3.8, 4) is 0 Å². The summed E-state index contributed by atoms with van der Waals surface area (Å²) >= 11 is 0. The molecular formula is C18H25NO2. The molecule has 1 aromatic heterocycles. The molecule has 0 radical (unpaired) electrons. The lowest BCUT2D eigenvalue weighted by Gasteiger charge is -2.37. The molecule has 3 rings (SSSR count). The van der Waals surface area contributed by atoms with E-state index in [4.69, 9.17) is 4.42 Å². The number of likely N-dealkylation sites (tertiary alicyclic amines) is 1. The number of fused-ring (bicyclic) bond motifs is 1. The molecular weight excluding hydrogens is 262 g/mol. The highest BCUT2D eigenvalue weighted by atomic mass is 16.4. The first-order valence-electron chi connectivity index (χ1n) is 7.92. The van der Waals surface area contributed by atoms with Crippen molar-refractivity contribution in [3.05, 3.63) is 35.6 Å². The van der Waals surface area contributed by atoms with Gasteiger partial charge in [-0.15, -0.1) is 0 Å². The van der Waals surface area contributed by atoms with Crippen molar-refractivity contribution in [3.63, 3.8) is 0 Å².